The molecule has 6 heteroatoms. The fourth-order valence-electron chi connectivity index (χ4n) is 1.52. The number of thiazole rings is 1. The molecule has 1 aliphatic heterocycles. The Kier molecular flexibility index (Phi) is 4.20. The molecule has 0 aromatic carbocycles. The number of aryl methyl sites for hydroxylation is 1. The highest BCUT2D eigenvalue weighted by molar-refractivity contribution is 7.99. The highest BCUT2D eigenvalue weighted by Crippen LogP contribution is 2.12. The zero-order valence-electron chi connectivity index (χ0n) is 9.16. The molecule has 2 heterocycles. The van der Waals surface area contributed by atoms with Gasteiger partial charge in [0.2, 0.25) is 5.91 Å². The van der Waals surface area contributed by atoms with E-state index in [4.69, 9.17) is 0 Å². The summed E-state index contributed by atoms with van der Waals surface area (Å²) in [5.74, 6) is 1.88. The fraction of sp³-hybridized carbons (Fsp3) is 0.600. The molecule has 2 rings (SSSR count). The van der Waals surface area contributed by atoms with Crippen molar-refractivity contribution in [2.75, 3.05) is 18.2 Å². The van der Waals surface area contributed by atoms with Crippen molar-refractivity contribution < 1.29 is 4.79 Å². The third-order valence-electron chi connectivity index (χ3n) is 2.37. The zero-order valence-corrected chi connectivity index (χ0v) is 10.8. The minimum absolute atomic E-state index is 0.00630. The molecule has 1 aromatic rings. The number of nitrogens with zero attached hydrogens (tertiary/aromatic N) is 1. The van der Waals surface area contributed by atoms with Gasteiger partial charge in [-0.2, -0.15) is 0 Å². The number of carbonyl (C=O) groups excluding carboxylic acids is 1. The SMILES string of the molecule is Cc1ncc(CCNC(=O)C2CSCN2)s1. The number of carbonyl (C=O) groups is 1. The summed E-state index contributed by atoms with van der Waals surface area (Å²) in [5.41, 5.74) is 0. The third-order valence-corrected chi connectivity index (χ3v) is 4.28. The summed E-state index contributed by atoms with van der Waals surface area (Å²) in [7, 11) is 0. The first-order valence-corrected chi connectivity index (χ1v) is 7.23. The summed E-state index contributed by atoms with van der Waals surface area (Å²) in [4.78, 5) is 17.1. The minimum atomic E-state index is -0.00630. The molecule has 1 fully saturated rings. The molecule has 1 amide bonds. The molecule has 1 aliphatic rings. The van der Waals surface area contributed by atoms with Crippen LogP contribution in [0.2, 0.25) is 0 Å². The molecule has 0 spiro atoms. The Morgan fingerprint density at radius 1 is 1.75 bits per heavy atom. The van der Waals surface area contributed by atoms with Gasteiger partial charge in [-0.05, 0) is 6.92 Å². The summed E-state index contributed by atoms with van der Waals surface area (Å²) < 4.78 is 0. The number of aromatic nitrogens is 1. The minimum Gasteiger partial charge on any atom is -0.354 e. The predicted octanol–water partition coefficient (Wildman–Crippen LogP) is 0.773. The fourth-order valence-corrected chi connectivity index (χ4v) is 3.25. The van der Waals surface area contributed by atoms with E-state index in [0.29, 0.717) is 6.54 Å². The van der Waals surface area contributed by atoms with Crippen LogP contribution in [0.1, 0.15) is 9.88 Å². The predicted molar refractivity (Wildman–Crippen MR) is 67.8 cm³/mol. The van der Waals surface area contributed by atoms with E-state index < -0.39 is 0 Å². The van der Waals surface area contributed by atoms with E-state index in [9.17, 15) is 4.79 Å². The van der Waals surface area contributed by atoms with Gasteiger partial charge in [-0.1, -0.05) is 0 Å². The van der Waals surface area contributed by atoms with Crippen molar-refractivity contribution >= 4 is 29.0 Å². The second kappa shape index (κ2) is 5.65. The van der Waals surface area contributed by atoms with Crippen molar-refractivity contribution in [3.05, 3.63) is 16.1 Å². The standard InChI is InChI=1S/C10H15N3OS2/c1-7-12-4-8(16-7)2-3-11-10(14)9-5-15-6-13-9/h4,9,13H,2-3,5-6H2,1H3,(H,11,14). The van der Waals surface area contributed by atoms with Crippen LogP contribution in [0.5, 0.6) is 0 Å². The Morgan fingerprint density at radius 2 is 2.62 bits per heavy atom. The Hall–Kier alpha value is -0.590. The van der Waals surface area contributed by atoms with Crippen molar-refractivity contribution in [2.24, 2.45) is 0 Å². The number of hydrogen-bond donors (Lipinski definition) is 2. The largest absolute Gasteiger partial charge is 0.354 e. The van der Waals surface area contributed by atoms with Crippen LogP contribution in [0.25, 0.3) is 0 Å². The summed E-state index contributed by atoms with van der Waals surface area (Å²) >= 11 is 3.45. The van der Waals surface area contributed by atoms with Gasteiger partial charge in [-0.25, -0.2) is 4.98 Å². The quantitative estimate of drug-likeness (QED) is 0.837. The van der Waals surface area contributed by atoms with Gasteiger partial charge in [0.05, 0.1) is 11.0 Å². The lowest BCUT2D eigenvalue weighted by Gasteiger charge is -2.09. The maximum absolute atomic E-state index is 11.6. The zero-order chi connectivity index (χ0) is 11.4. The number of hydrogen-bond acceptors (Lipinski definition) is 5. The van der Waals surface area contributed by atoms with E-state index in [2.05, 4.69) is 15.6 Å². The van der Waals surface area contributed by atoms with Crippen LogP contribution in [-0.4, -0.2) is 35.1 Å². The van der Waals surface area contributed by atoms with Gasteiger partial charge < -0.3 is 5.32 Å². The molecule has 1 saturated heterocycles. The second-order valence-electron chi connectivity index (χ2n) is 3.66. The summed E-state index contributed by atoms with van der Waals surface area (Å²) in [6.07, 6.45) is 2.76. The monoisotopic (exact) mass is 257 g/mol. The molecule has 4 nitrogen and oxygen atoms in total. The summed E-state index contributed by atoms with van der Waals surface area (Å²) in [6.45, 7) is 2.69. The molecule has 0 radical (unpaired) electrons. The maximum Gasteiger partial charge on any atom is 0.238 e. The number of amides is 1. The Labute approximate surface area is 103 Å². The molecule has 88 valence electrons. The van der Waals surface area contributed by atoms with E-state index >= 15 is 0 Å². The van der Waals surface area contributed by atoms with E-state index in [1.54, 1.807) is 23.1 Å². The molecule has 0 aliphatic carbocycles. The van der Waals surface area contributed by atoms with Gasteiger partial charge in [0.25, 0.3) is 0 Å². The molecule has 16 heavy (non-hydrogen) atoms. The lowest BCUT2D eigenvalue weighted by Crippen LogP contribution is -2.42. The van der Waals surface area contributed by atoms with Gasteiger partial charge in [0.15, 0.2) is 0 Å². The molecule has 0 bridgehead atoms. The molecule has 2 N–H and O–H groups in total. The van der Waals surface area contributed by atoms with Crippen LogP contribution in [0.3, 0.4) is 0 Å². The Balaban J connectivity index is 1.69. The average Bonchev–Trinajstić information content (AvgIpc) is 2.89. The van der Waals surface area contributed by atoms with E-state index in [1.807, 2.05) is 13.1 Å². The Bertz CT molecular complexity index is 361. The van der Waals surface area contributed by atoms with Crippen LogP contribution < -0.4 is 10.6 Å². The smallest absolute Gasteiger partial charge is 0.238 e. The van der Waals surface area contributed by atoms with Crippen LogP contribution >= 0.6 is 23.1 Å². The van der Waals surface area contributed by atoms with Gasteiger partial charge in [-0.15, -0.1) is 23.1 Å². The highest BCUT2D eigenvalue weighted by atomic mass is 32.2. The normalized spacial score (nSPS) is 19.9. The van der Waals surface area contributed by atoms with Gasteiger partial charge in [-0.3, -0.25) is 10.1 Å². The molecular weight excluding hydrogens is 242 g/mol. The van der Waals surface area contributed by atoms with Gasteiger partial charge >= 0.3 is 0 Å². The first-order chi connectivity index (χ1) is 7.75. The third kappa shape index (κ3) is 3.20. The molecule has 1 atom stereocenters. The topological polar surface area (TPSA) is 54.0 Å². The maximum atomic E-state index is 11.6. The molecular formula is C10H15N3OS2. The highest BCUT2D eigenvalue weighted by Gasteiger charge is 2.21. The van der Waals surface area contributed by atoms with Crippen LogP contribution in [0.4, 0.5) is 0 Å². The second-order valence-corrected chi connectivity index (χ2v) is 6.01. The van der Waals surface area contributed by atoms with E-state index in [1.165, 1.54) is 4.88 Å². The lowest BCUT2D eigenvalue weighted by molar-refractivity contribution is -0.122. The average molecular weight is 257 g/mol. The first kappa shape index (κ1) is 11.9. The summed E-state index contributed by atoms with van der Waals surface area (Å²) in [5, 5.41) is 7.18. The summed E-state index contributed by atoms with van der Waals surface area (Å²) in [6, 6.07) is -0.00630. The van der Waals surface area contributed by atoms with Gasteiger partial charge in [0.1, 0.15) is 0 Å². The number of thioether (sulfide) groups is 1. The van der Waals surface area contributed by atoms with Crippen molar-refractivity contribution in [3.63, 3.8) is 0 Å². The van der Waals surface area contributed by atoms with Gasteiger partial charge in [0, 0.05) is 35.7 Å². The first-order valence-electron chi connectivity index (χ1n) is 5.26. The number of nitrogens with one attached hydrogen (secondary N) is 2. The molecule has 0 saturated carbocycles. The van der Waals surface area contributed by atoms with Crippen molar-refractivity contribution in [2.45, 2.75) is 19.4 Å². The van der Waals surface area contributed by atoms with Crippen LogP contribution in [0, 0.1) is 6.92 Å². The van der Waals surface area contributed by atoms with E-state index in [-0.39, 0.29) is 11.9 Å². The lowest BCUT2D eigenvalue weighted by atomic mass is 10.3. The number of rotatable bonds is 4. The molecule has 1 aromatic heterocycles. The Morgan fingerprint density at radius 3 is 3.25 bits per heavy atom. The van der Waals surface area contributed by atoms with Crippen LogP contribution in [0.15, 0.2) is 6.20 Å². The van der Waals surface area contributed by atoms with Crippen molar-refractivity contribution in [1.82, 2.24) is 15.6 Å². The van der Waals surface area contributed by atoms with Crippen molar-refractivity contribution in [3.8, 4) is 0 Å². The van der Waals surface area contributed by atoms with Crippen molar-refractivity contribution in [1.29, 1.82) is 0 Å². The molecule has 1 unspecified atom stereocenters. The van der Waals surface area contributed by atoms with Crippen LogP contribution in [-0.2, 0) is 11.2 Å². The van der Waals surface area contributed by atoms with E-state index in [0.717, 1.165) is 23.1 Å².